The highest BCUT2D eigenvalue weighted by Crippen LogP contribution is 2.26. The minimum atomic E-state index is -3.54. The van der Waals surface area contributed by atoms with Crippen LogP contribution in [0.25, 0.3) is 0 Å². The summed E-state index contributed by atoms with van der Waals surface area (Å²) in [6, 6.07) is 22.9. The van der Waals surface area contributed by atoms with Crippen LogP contribution in [0, 0.1) is 0 Å². The molecule has 3 rings (SSSR count). The lowest BCUT2D eigenvalue weighted by Gasteiger charge is -2.22. The summed E-state index contributed by atoms with van der Waals surface area (Å²) in [5, 5.41) is 24.3. The summed E-state index contributed by atoms with van der Waals surface area (Å²) in [6.07, 6.45) is 1.34. The maximum Gasteiger partial charge on any atom is 0.229 e. The molecule has 0 saturated heterocycles. The van der Waals surface area contributed by atoms with E-state index in [9.17, 15) is 18.6 Å². The molecule has 0 spiro atoms. The number of aliphatic hydroxyl groups is 1. The van der Waals surface area contributed by atoms with Crippen molar-refractivity contribution in [1.29, 1.82) is 0 Å². The van der Waals surface area contributed by atoms with Crippen molar-refractivity contribution in [2.24, 2.45) is 0 Å². The van der Waals surface area contributed by atoms with Crippen molar-refractivity contribution in [1.82, 2.24) is 10.2 Å². The molecule has 0 amide bonds. The number of ether oxygens (including phenoxy) is 1. The Bertz CT molecular complexity index is 1250. The summed E-state index contributed by atoms with van der Waals surface area (Å²) < 4.78 is 31.4. The van der Waals surface area contributed by atoms with Crippen LogP contribution >= 0.6 is 0 Å². The normalized spacial score (nSPS) is 13.3. The summed E-state index contributed by atoms with van der Waals surface area (Å²) >= 11 is 0. The monoisotopic (exact) mass is 555 g/mol. The fourth-order valence-corrected chi connectivity index (χ4v) is 4.96. The molecule has 8 nitrogen and oxygen atoms in total. The average molecular weight is 556 g/mol. The number of phenols is 1. The lowest BCUT2D eigenvalue weighted by molar-refractivity contribution is 0.167. The Hall–Kier alpha value is -3.11. The Morgan fingerprint density at radius 2 is 1.62 bits per heavy atom. The number of anilines is 1. The average Bonchev–Trinajstić information content (AvgIpc) is 2.91. The fourth-order valence-electron chi connectivity index (χ4n) is 4.40. The van der Waals surface area contributed by atoms with Gasteiger partial charge in [-0.25, -0.2) is 8.42 Å². The van der Waals surface area contributed by atoms with Gasteiger partial charge in [-0.2, -0.15) is 0 Å². The summed E-state index contributed by atoms with van der Waals surface area (Å²) in [4.78, 5) is 2.32. The molecule has 0 aromatic heterocycles. The molecular formula is C30H41N3O5S. The zero-order chi connectivity index (χ0) is 28.3. The Labute approximate surface area is 232 Å². The first-order valence-electron chi connectivity index (χ1n) is 13.4. The second kappa shape index (κ2) is 14.9. The highest BCUT2D eigenvalue weighted by molar-refractivity contribution is 7.92. The van der Waals surface area contributed by atoms with Crippen LogP contribution in [-0.2, 0) is 22.9 Å². The van der Waals surface area contributed by atoms with E-state index in [0.717, 1.165) is 43.6 Å². The predicted octanol–water partition coefficient (Wildman–Crippen LogP) is 3.96. The minimum absolute atomic E-state index is 0.0333. The molecule has 0 saturated carbocycles. The van der Waals surface area contributed by atoms with E-state index in [0.29, 0.717) is 25.1 Å². The van der Waals surface area contributed by atoms with Crippen molar-refractivity contribution >= 4 is 15.7 Å². The molecule has 3 aromatic carbocycles. The van der Waals surface area contributed by atoms with Crippen LogP contribution in [0.5, 0.6) is 11.5 Å². The van der Waals surface area contributed by atoms with E-state index in [1.54, 1.807) is 12.1 Å². The van der Waals surface area contributed by atoms with Crippen LogP contribution in [0.3, 0.4) is 0 Å². The number of aromatic hydroxyl groups is 1. The quantitative estimate of drug-likeness (QED) is 0.198. The van der Waals surface area contributed by atoms with Crippen molar-refractivity contribution < 1.29 is 23.4 Å². The van der Waals surface area contributed by atoms with Crippen molar-refractivity contribution in [3.8, 4) is 11.5 Å². The number of nitrogens with one attached hydrogen (secondary N) is 2. The second-order valence-electron chi connectivity index (χ2n) is 9.68. The van der Waals surface area contributed by atoms with E-state index in [2.05, 4.69) is 53.1 Å². The molecule has 0 fully saturated rings. The van der Waals surface area contributed by atoms with Gasteiger partial charge in [0.05, 0.1) is 18.0 Å². The van der Waals surface area contributed by atoms with Gasteiger partial charge < -0.3 is 25.2 Å². The first-order valence-corrected chi connectivity index (χ1v) is 15.3. The molecule has 2 atom stereocenters. The largest absolute Gasteiger partial charge is 0.506 e. The van der Waals surface area contributed by atoms with Crippen molar-refractivity contribution in [2.75, 3.05) is 43.8 Å². The number of benzene rings is 3. The number of rotatable bonds is 16. The number of hydrogen-bond acceptors (Lipinski definition) is 7. The van der Waals surface area contributed by atoms with E-state index in [1.807, 2.05) is 30.3 Å². The molecule has 2 unspecified atom stereocenters. The number of sulfonamides is 1. The van der Waals surface area contributed by atoms with E-state index in [1.165, 1.54) is 11.6 Å². The lowest BCUT2D eigenvalue weighted by atomic mass is 9.98. The molecule has 0 bridgehead atoms. The van der Waals surface area contributed by atoms with E-state index in [-0.39, 0.29) is 17.5 Å². The number of likely N-dealkylation sites (N-methyl/N-ethyl adjacent to an activating group) is 1. The zero-order valence-corrected chi connectivity index (χ0v) is 23.8. The zero-order valence-electron chi connectivity index (χ0n) is 23.0. The van der Waals surface area contributed by atoms with Gasteiger partial charge in [0.15, 0.2) is 0 Å². The number of nitrogens with zero attached hydrogens (tertiary/aromatic N) is 1. The third-order valence-corrected chi connectivity index (χ3v) is 7.15. The SMILES string of the molecule is CCN(CC)CCOc1ccc(C(Cc2ccccc2)NCC(O)Cc2ccc(O)c(NS(C)(=O)=O)c2)cc1. The molecule has 0 heterocycles. The number of phenolic OH excluding ortho intramolecular Hbond substituents is 1. The summed E-state index contributed by atoms with van der Waals surface area (Å²) in [5.74, 6) is 0.662. The Morgan fingerprint density at radius 3 is 2.26 bits per heavy atom. The molecular weight excluding hydrogens is 514 g/mol. The Kier molecular flexibility index (Phi) is 11.6. The first-order chi connectivity index (χ1) is 18.7. The van der Waals surface area contributed by atoms with Crippen molar-refractivity contribution in [3.63, 3.8) is 0 Å². The smallest absolute Gasteiger partial charge is 0.229 e. The molecule has 0 radical (unpaired) electrons. The van der Waals surface area contributed by atoms with E-state index < -0.39 is 16.1 Å². The van der Waals surface area contributed by atoms with E-state index >= 15 is 0 Å². The van der Waals surface area contributed by atoms with Crippen molar-refractivity contribution in [2.45, 2.75) is 38.8 Å². The van der Waals surface area contributed by atoms with Gasteiger partial charge in [-0.15, -0.1) is 0 Å². The van der Waals surface area contributed by atoms with Crippen LogP contribution in [0.1, 0.15) is 36.6 Å². The first kappa shape index (κ1) is 30.4. The van der Waals surface area contributed by atoms with Gasteiger partial charge in [0.2, 0.25) is 10.0 Å². The van der Waals surface area contributed by atoms with Gasteiger partial charge in [-0.05, 0) is 66.9 Å². The van der Waals surface area contributed by atoms with E-state index in [4.69, 9.17) is 4.74 Å². The molecule has 0 aliphatic heterocycles. The molecule has 39 heavy (non-hydrogen) atoms. The lowest BCUT2D eigenvalue weighted by Crippen LogP contribution is -2.32. The van der Waals surface area contributed by atoms with Crippen LogP contribution in [0.15, 0.2) is 72.8 Å². The molecule has 3 aromatic rings. The Balaban J connectivity index is 1.65. The van der Waals surface area contributed by atoms with Gasteiger partial charge in [-0.3, -0.25) is 4.72 Å². The topological polar surface area (TPSA) is 111 Å². The summed E-state index contributed by atoms with van der Waals surface area (Å²) in [7, 11) is -3.54. The third kappa shape index (κ3) is 10.5. The molecule has 0 aliphatic rings. The second-order valence-corrected chi connectivity index (χ2v) is 11.4. The van der Waals surface area contributed by atoms with Gasteiger partial charge in [0.25, 0.3) is 0 Å². The standard InChI is InChI=1S/C30H41N3O5S/c1-4-33(5-2)17-18-38-27-14-12-25(13-15-27)28(20-23-9-7-6-8-10-23)31-22-26(34)19-24-11-16-30(35)29(21-24)32-39(3,36)37/h6-16,21,26,28,31-32,34-35H,4-5,17-20,22H2,1-3H3. The molecule has 212 valence electrons. The Morgan fingerprint density at radius 1 is 0.923 bits per heavy atom. The fraction of sp³-hybridized carbons (Fsp3) is 0.400. The van der Waals surface area contributed by atoms with Gasteiger partial charge in [-0.1, -0.05) is 62.4 Å². The van der Waals surface area contributed by atoms with Crippen molar-refractivity contribution in [3.05, 3.63) is 89.5 Å². The molecule has 0 aliphatic carbocycles. The third-order valence-electron chi connectivity index (χ3n) is 6.56. The molecule has 4 N–H and O–H groups in total. The minimum Gasteiger partial charge on any atom is -0.506 e. The number of aliphatic hydroxyl groups excluding tert-OH is 1. The van der Waals surface area contributed by atoms with Gasteiger partial charge in [0.1, 0.15) is 18.1 Å². The maximum atomic E-state index is 11.6. The maximum absolute atomic E-state index is 11.6. The van der Waals surface area contributed by atoms with Crippen LogP contribution < -0.4 is 14.8 Å². The van der Waals surface area contributed by atoms with Gasteiger partial charge in [0, 0.05) is 19.1 Å². The van der Waals surface area contributed by atoms with Crippen LogP contribution in [0.4, 0.5) is 5.69 Å². The number of hydrogen-bond donors (Lipinski definition) is 4. The van der Waals surface area contributed by atoms with Crippen LogP contribution in [-0.4, -0.2) is 68.7 Å². The predicted molar refractivity (Wildman–Crippen MR) is 157 cm³/mol. The van der Waals surface area contributed by atoms with Crippen LogP contribution in [0.2, 0.25) is 0 Å². The highest BCUT2D eigenvalue weighted by atomic mass is 32.2. The van der Waals surface area contributed by atoms with Gasteiger partial charge >= 0.3 is 0 Å². The summed E-state index contributed by atoms with van der Waals surface area (Å²) in [5.41, 5.74) is 3.07. The highest BCUT2D eigenvalue weighted by Gasteiger charge is 2.16. The molecule has 9 heteroatoms. The summed E-state index contributed by atoms with van der Waals surface area (Å²) in [6.45, 7) is 8.15.